The van der Waals surface area contributed by atoms with Gasteiger partial charge in [-0.15, -0.1) is 0 Å². The van der Waals surface area contributed by atoms with Gasteiger partial charge in [-0.25, -0.2) is 4.79 Å². The Labute approximate surface area is 115 Å². The van der Waals surface area contributed by atoms with Crippen molar-refractivity contribution in [3.8, 4) is 0 Å². The van der Waals surface area contributed by atoms with E-state index in [1.165, 1.54) is 0 Å². The van der Waals surface area contributed by atoms with E-state index in [-0.39, 0.29) is 31.4 Å². The van der Waals surface area contributed by atoms with Crippen molar-refractivity contribution in [1.82, 2.24) is 14.9 Å². The van der Waals surface area contributed by atoms with Gasteiger partial charge in [-0.05, 0) is 26.2 Å². The number of H-pyrrole nitrogens is 2. The lowest BCUT2D eigenvalue weighted by molar-refractivity contribution is -0.132. The van der Waals surface area contributed by atoms with Crippen molar-refractivity contribution in [2.75, 3.05) is 13.2 Å². The molecule has 1 aromatic heterocycles. The SMILES string of the molecule is Cc1[nH]c(=O)[nH]c(=O)c1CCC(=O)N1CCC[C@H]1CO. The summed E-state index contributed by atoms with van der Waals surface area (Å²) in [7, 11) is 0. The van der Waals surface area contributed by atoms with Crippen molar-refractivity contribution >= 4 is 5.91 Å². The summed E-state index contributed by atoms with van der Waals surface area (Å²) in [5, 5.41) is 9.20. The average Bonchev–Trinajstić information content (AvgIpc) is 2.85. The first-order valence-corrected chi connectivity index (χ1v) is 6.75. The molecule has 0 unspecified atom stereocenters. The van der Waals surface area contributed by atoms with Crippen molar-refractivity contribution in [2.24, 2.45) is 0 Å². The number of aryl methyl sites for hydroxylation is 1. The van der Waals surface area contributed by atoms with E-state index in [9.17, 15) is 19.5 Å². The van der Waals surface area contributed by atoms with Crippen LogP contribution in [0.25, 0.3) is 0 Å². The molecule has 7 nitrogen and oxygen atoms in total. The van der Waals surface area contributed by atoms with Gasteiger partial charge in [0.15, 0.2) is 0 Å². The highest BCUT2D eigenvalue weighted by Gasteiger charge is 2.27. The Kier molecular flexibility index (Phi) is 4.39. The monoisotopic (exact) mass is 281 g/mol. The van der Waals surface area contributed by atoms with E-state index in [0.717, 1.165) is 12.8 Å². The van der Waals surface area contributed by atoms with E-state index in [1.807, 2.05) is 0 Å². The highest BCUT2D eigenvalue weighted by Crippen LogP contribution is 2.18. The molecular formula is C13H19N3O4. The second-order valence-corrected chi connectivity index (χ2v) is 5.08. The molecule has 1 saturated heterocycles. The Morgan fingerprint density at radius 1 is 1.40 bits per heavy atom. The van der Waals surface area contributed by atoms with Crippen LogP contribution in [0.5, 0.6) is 0 Å². The number of rotatable bonds is 4. The molecule has 3 N–H and O–H groups in total. The summed E-state index contributed by atoms with van der Waals surface area (Å²) < 4.78 is 0. The molecule has 0 aromatic carbocycles. The van der Waals surface area contributed by atoms with Gasteiger partial charge < -0.3 is 15.0 Å². The van der Waals surface area contributed by atoms with Gasteiger partial charge in [0.05, 0.1) is 12.6 Å². The molecule has 1 fully saturated rings. The summed E-state index contributed by atoms with van der Waals surface area (Å²) in [6, 6.07) is -0.0996. The number of aliphatic hydroxyl groups excluding tert-OH is 1. The first-order valence-electron chi connectivity index (χ1n) is 6.75. The second-order valence-electron chi connectivity index (χ2n) is 5.08. The molecule has 2 heterocycles. The predicted molar refractivity (Wildman–Crippen MR) is 72.6 cm³/mol. The minimum atomic E-state index is -0.539. The summed E-state index contributed by atoms with van der Waals surface area (Å²) in [5.41, 5.74) is -0.0639. The van der Waals surface area contributed by atoms with Crippen molar-refractivity contribution in [2.45, 2.75) is 38.6 Å². The Hall–Kier alpha value is -1.89. The Bertz CT molecular complexity index is 604. The molecule has 0 bridgehead atoms. The summed E-state index contributed by atoms with van der Waals surface area (Å²) in [6.07, 6.45) is 2.20. The standard InChI is InChI=1S/C13H19N3O4/c1-8-10(12(19)15-13(20)14-8)4-5-11(18)16-6-2-3-9(16)7-17/h9,17H,2-7H2,1H3,(H2,14,15,19,20)/t9-/m0/s1. The van der Waals surface area contributed by atoms with E-state index in [0.29, 0.717) is 17.8 Å². The van der Waals surface area contributed by atoms with Crippen LogP contribution in [0, 0.1) is 6.92 Å². The van der Waals surface area contributed by atoms with E-state index in [1.54, 1.807) is 11.8 Å². The zero-order valence-corrected chi connectivity index (χ0v) is 11.4. The summed E-state index contributed by atoms with van der Waals surface area (Å²) >= 11 is 0. The molecule has 0 saturated carbocycles. The van der Waals surface area contributed by atoms with Crippen LogP contribution in [0.4, 0.5) is 0 Å². The van der Waals surface area contributed by atoms with E-state index < -0.39 is 11.2 Å². The van der Waals surface area contributed by atoms with Crippen molar-refractivity contribution in [3.05, 3.63) is 32.1 Å². The van der Waals surface area contributed by atoms with Crippen LogP contribution in [0.3, 0.4) is 0 Å². The second kappa shape index (κ2) is 6.04. The zero-order valence-electron chi connectivity index (χ0n) is 11.4. The first kappa shape index (κ1) is 14.5. The lowest BCUT2D eigenvalue weighted by Crippen LogP contribution is -2.38. The number of hydrogen-bond donors (Lipinski definition) is 3. The molecule has 1 aliphatic heterocycles. The van der Waals surface area contributed by atoms with Crippen molar-refractivity contribution < 1.29 is 9.90 Å². The molecule has 110 valence electrons. The number of carbonyl (C=O) groups is 1. The van der Waals surface area contributed by atoms with E-state index in [4.69, 9.17) is 0 Å². The van der Waals surface area contributed by atoms with Crippen LogP contribution in [0.1, 0.15) is 30.5 Å². The Morgan fingerprint density at radius 3 is 2.80 bits per heavy atom. The van der Waals surface area contributed by atoms with Gasteiger partial charge in [0.2, 0.25) is 5.91 Å². The quantitative estimate of drug-likeness (QED) is 0.677. The molecule has 2 rings (SSSR count). The number of hydrogen-bond acceptors (Lipinski definition) is 4. The highest BCUT2D eigenvalue weighted by molar-refractivity contribution is 5.77. The largest absolute Gasteiger partial charge is 0.394 e. The van der Waals surface area contributed by atoms with Gasteiger partial charge in [-0.2, -0.15) is 0 Å². The summed E-state index contributed by atoms with van der Waals surface area (Å²) in [6.45, 7) is 2.28. The fourth-order valence-electron chi connectivity index (χ4n) is 2.66. The van der Waals surface area contributed by atoms with E-state index in [2.05, 4.69) is 9.97 Å². The lowest BCUT2D eigenvalue weighted by atomic mass is 10.1. The third-order valence-electron chi connectivity index (χ3n) is 3.75. The van der Waals surface area contributed by atoms with Crippen LogP contribution in [0.15, 0.2) is 9.59 Å². The number of aromatic nitrogens is 2. The van der Waals surface area contributed by atoms with Crippen LogP contribution in [-0.4, -0.2) is 45.1 Å². The van der Waals surface area contributed by atoms with Crippen molar-refractivity contribution in [1.29, 1.82) is 0 Å². The fraction of sp³-hybridized carbons (Fsp3) is 0.615. The third-order valence-corrected chi connectivity index (χ3v) is 3.75. The number of carbonyl (C=O) groups excluding carboxylic acids is 1. The molecular weight excluding hydrogens is 262 g/mol. The maximum atomic E-state index is 12.1. The molecule has 1 atom stereocenters. The number of aromatic amines is 2. The number of aliphatic hydroxyl groups is 1. The number of likely N-dealkylation sites (tertiary alicyclic amines) is 1. The smallest absolute Gasteiger partial charge is 0.325 e. The third kappa shape index (κ3) is 2.98. The van der Waals surface area contributed by atoms with Crippen LogP contribution < -0.4 is 11.2 Å². The summed E-state index contributed by atoms with van der Waals surface area (Å²) in [4.78, 5) is 41.2. The maximum absolute atomic E-state index is 12.1. The number of nitrogens with one attached hydrogen (secondary N) is 2. The van der Waals surface area contributed by atoms with Crippen LogP contribution >= 0.6 is 0 Å². The topological polar surface area (TPSA) is 106 Å². The molecule has 0 aliphatic carbocycles. The molecule has 0 spiro atoms. The fourth-order valence-corrected chi connectivity index (χ4v) is 2.66. The maximum Gasteiger partial charge on any atom is 0.325 e. The van der Waals surface area contributed by atoms with Gasteiger partial charge >= 0.3 is 5.69 Å². The molecule has 20 heavy (non-hydrogen) atoms. The Morgan fingerprint density at radius 2 is 2.15 bits per heavy atom. The van der Waals surface area contributed by atoms with Gasteiger partial charge in [-0.1, -0.05) is 0 Å². The molecule has 1 aromatic rings. The first-order chi connectivity index (χ1) is 9.52. The van der Waals surface area contributed by atoms with Crippen molar-refractivity contribution in [3.63, 3.8) is 0 Å². The zero-order chi connectivity index (χ0) is 14.7. The minimum absolute atomic E-state index is 0.0238. The normalized spacial score (nSPS) is 18.5. The number of nitrogens with zero attached hydrogens (tertiary/aromatic N) is 1. The average molecular weight is 281 g/mol. The highest BCUT2D eigenvalue weighted by atomic mass is 16.3. The molecule has 1 aliphatic rings. The van der Waals surface area contributed by atoms with Crippen LogP contribution in [0.2, 0.25) is 0 Å². The van der Waals surface area contributed by atoms with Gasteiger partial charge in [0, 0.05) is 24.2 Å². The van der Waals surface area contributed by atoms with Gasteiger partial charge in [0.1, 0.15) is 0 Å². The molecule has 1 amide bonds. The predicted octanol–water partition coefficient (Wildman–Crippen LogP) is -0.712. The Balaban J connectivity index is 2.04. The molecule has 0 radical (unpaired) electrons. The molecule has 7 heteroatoms. The van der Waals surface area contributed by atoms with Crippen LogP contribution in [-0.2, 0) is 11.2 Å². The summed E-state index contributed by atoms with van der Waals surface area (Å²) in [5.74, 6) is -0.0634. The number of amides is 1. The lowest BCUT2D eigenvalue weighted by Gasteiger charge is -2.23. The van der Waals surface area contributed by atoms with E-state index >= 15 is 0 Å². The minimum Gasteiger partial charge on any atom is -0.394 e. The van der Waals surface area contributed by atoms with Gasteiger partial charge in [0.25, 0.3) is 5.56 Å². The van der Waals surface area contributed by atoms with Gasteiger partial charge in [-0.3, -0.25) is 14.6 Å².